The molecule has 0 aromatic carbocycles. The fourth-order valence-electron chi connectivity index (χ4n) is 1.36. The zero-order valence-corrected chi connectivity index (χ0v) is 10.7. The van der Waals surface area contributed by atoms with Gasteiger partial charge in [-0.15, -0.1) is 11.3 Å². The van der Waals surface area contributed by atoms with Crippen molar-refractivity contribution in [2.75, 3.05) is 19.0 Å². The number of carbonyl (C=O) groups is 1. The summed E-state index contributed by atoms with van der Waals surface area (Å²) in [4.78, 5) is 19.8. The van der Waals surface area contributed by atoms with E-state index < -0.39 is 0 Å². The van der Waals surface area contributed by atoms with Gasteiger partial charge in [-0.3, -0.25) is 9.78 Å². The van der Waals surface area contributed by atoms with Crippen molar-refractivity contribution in [1.29, 1.82) is 0 Å². The number of hydrogen-bond acceptors (Lipinski definition) is 5. The molecule has 0 saturated heterocycles. The van der Waals surface area contributed by atoms with E-state index in [-0.39, 0.29) is 5.91 Å². The van der Waals surface area contributed by atoms with Crippen LogP contribution in [0.1, 0.15) is 6.42 Å². The predicted molar refractivity (Wildman–Crippen MR) is 70.5 cm³/mol. The highest BCUT2D eigenvalue weighted by atomic mass is 32.1. The second-order valence-electron chi connectivity index (χ2n) is 3.56. The van der Waals surface area contributed by atoms with Crippen LogP contribution in [-0.2, 0) is 9.53 Å². The van der Waals surface area contributed by atoms with Gasteiger partial charge in [0.25, 0.3) is 0 Å². The van der Waals surface area contributed by atoms with Crippen LogP contribution >= 0.6 is 11.3 Å². The molecule has 18 heavy (non-hydrogen) atoms. The summed E-state index contributed by atoms with van der Waals surface area (Å²) >= 11 is 1.40. The van der Waals surface area contributed by atoms with Crippen LogP contribution in [0, 0.1) is 0 Å². The van der Waals surface area contributed by atoms with Gasteiger partial charge in [0.05, 0.1) is 18.7 Å². The van der Waals surface area contributed by atoms with E-state index >= 15 is 0 Å². The second-order valence-corrected chi connectivity index (χ2v) is 4.42. The standard InChI is InChI=1S/C12H13N3O2S/c1-17-7-4-11(16)15-12-14-10(8-18-12)9-2-5-13-6-3-9/h2-3,5-6,8H,4,7H2,1H3,(H,14,15,16). The largest absolute Gasteiger partial charge is 0.384 e. The molecule has 2 heterocycles. The smallest absolute Gasteiger partial charge is 0.228 e. The predicted octanol–water partition coefficient (Wildman–Crippen LogP) is 2.18. The molecule has 0 radical (unpaired) electrons. The van der Waals surface area contributed by atoms with E-state index in [1.165, 1.54) is 11.3 Å². The third-order valence-electron chi connectivity index (χ3n) is 2.26. The molecule has 1 N–H and O–H groups in total. The lowest BCUT2D eigenvalue weighted by Gasteiger charge is -2.00. The first-order valence-corrected chi connectivity index (χ1v) is 6.32. The molecule has 0 aliphatic carbocycles. The van der Waals surface area contributed by atoms with Gasteiger partial charge in [-0.05, 0) is 12.1 Å². The van der Waals surface area contributed by atoms with Crippen LogP contribution in [0.5, 0.6) is 0 Å². The molecular formula is C12H13N3O2S. The van der Waals surface area contributed by atoms with Crippen molar-refractivity contribution in [1.82, 2.24) is 9.97 Å². The minimum Gasteiger partial charge on any atom is -0.384 e. The topological polar surface area (TPSA) is 64.1 Å². The molecule has 6 heteroatoms. The molecule has 2 aromatic rings. The zero-order valence-electron chi connectivity index (χ0n) is 9.92. The summed E-state index contributed by atoms with van der Waals surface area (Å²) in [5.74, 6) is -0.0903. The summed E-state index contributed by atoms with van der Waals surface area (Å²) in [7, 11) is 1.57. The normalized spacial score (nSPS) is 10.3. The maximum atomic E-state index is 11.5. The summed E-state index contributed by atoms with van der Waals surface area (Å²) in [6.45, 7) is 0.411. The number of pyridine rings is 1. The van der Waals surface area contributed by atoms with Crippen LogP contribution < -0.4 is 5.32 Å². The molecule has 5 nitrogen and oxygen atoms in total. The summed E-state index contributed by atoms with van der Waals surface area (Å²) in [5, 5.41) is 5.24. The number of anilines is 1. The van der Waals surface area contributed by atoms with Gasteiger partial charge >= 0.3 is 0 Å². The second kappa shape index (κ2) is 6.23. The van der Waals surface area contributed by atoms with E-state index in [1.54, 1.807) is 19.5 Å². The number of carbonyl (C=O) groups excluding carboxylic acids is 1. The Morgan fingerprint density at radius 2 is 2.22 bits per heavy atom. The summed E-state index contributed by atoms with van der Waals surface area (Å²) in [5.41, 5.74) is 1.82. The average molecular weight is 263 g/mol. The lowest BCUT2D eigenvalue weighted by molar-refractivity contribution is -0.117. The maximum absolute atomic E-state index is 11.5. The Morgan fingerprint density at radius 1 is 1.44 bits per heavy atom. The first-order valence-electron chi connectivity index (χ1n) is 5.44. The molecule has 0 aliphatic heterocycles. The first kappa shape index (κ1) is 12.7. The van der Waals surface area contributed by atoms with E-state index in [4.69, 9.17) is 4.74 Å². The van der Waals surface area contributed by atoms with Crippen molar-refractivity contribution in [3.8, 4) is 11.3 Å². The number of ether oxygens (including phenoxy) is 1. The van der Waals surface area contributed by atoms with Crippen LogP contribution in [0.2, 0.25) is 0 Å². The van der Waals surface area contributed by atoms with Crippen molar-refractivity contribution in [2.24, 2.45) is 0 Å². The Balaban J connectivity index is 2.00. The van der Waals surface area contributed by atoms with Crippen molar-refractivity contribution >= 4 is 22.4 Å². The molecule has 0 aliphatic rings. The molecule has 0 fully saturated rings. The lowest BCUT2D eigenvalue weighted by atomic mass is 10.2. The Bertz CT molecular complexity index is 513. The fraction of sp³-hybridized carbons (Fsp3) is 0.250. The molecule has 0 bridgehead atoms. The lowest BCUT2D eigenvalue weighted by Crippen LogP contribution is -2.13. The first-order chi connectivity index (χ1) is 8.79. The van der Waals surface area contributed by atoms with Gasteiger partial charge in [0.2, 0.25) is 5.91 Å². The Hall–Kier alpha value is -1.79. The van der Waals surface area contributed by atoms with Gasteiger partial charge in [-0.1, -0.05) is 0 Å². The van der Waals surface area contributed by atoms with Gasteiger partial charge in [0.1, 0.15) is 0 Å². The van der Waals surface area contributed by atoms with Gasteiger partial charge < -0.3 is 10.1 Å². The van der Waals surface area contributed by atoms with Gasteiger partial charge in [-0.2, -0.15) is 0 Å². The number of methoxy groups -OCH3 is 1. The summed E-state index contributed by atoms with van der Waals surface area (Å²) < 4.78 is 4.84. The van der Waals surface area contributed by atoms with Crippen LogP contribution in [0.3, 0.4) is 0 Å². The highest BCUT2D eigenvalue weighted by Gasteiger charge is 2.07. The molecule has 0 saturated carbocycles. The van der Waals surface area contributed by atoms with E-state index in [9.17, 15) is 4.79 Å². The van der Waals surface area contributed by atoms with E-state index in [0.717, 1.165) is 11.3 Å². The van der Waals surface area contributed by atoms with Crippen molar-refractivity contribution in [2.45, 2.75) is 6.42 Å². The highest BCUT2D eigenvalue weighted by Crippen LogP contribution is 2.24. The zero-order chi connectivity index (χ0) is 12.8. The molecule has 2 aromatic heterocycles. The monoisotopic (exact) mass is 263 g/mol. The van der Waals surface area contributed by atoms with E-state index in [2.05, 4.69) is 15.3 Å². The molecule has 2 rings (SSSR count). The quantitative estimate of drug-likeness (QED) is 0.898. The maximum Gasteiger partial charge on any atom is 0.228 e. The Labute approximate surface area is 109 Å². The van der Waals surface area contributed by atoms with Gasteiger partial charge in [0, 0.05) is 30.4 Å². The van der Waals surface area contributed by atoms with E-state index in [1.807, 2.05) is 17.5 Å². The third-order valence-corrected chi connectivity index (χ3v) is 3.02. The van der Waals surface area contributed by atoms with Gasteiger partial charge in [-0.25, -0.2) is 4.98 Å². The number of aromatic nitrogens is 2. The fourth-order valence-corrected chi connectivity index (χ4v) is 2.10. The summed E-state index contributed by atoms with van der Waals surface area (Å²) in [6, 6.07) is 3.76. The number of nitrogens with one attached hydrogen (secondary N) is 1. The average Bonchev–Trinajstić information content (AvgIpc) is 2.86. The van der Waals surface area contributed by atoms with Crippen molar-refractivity contribution in [3.05, 3.63) is 29.9 Å². The van der Waals surface area contributed by atoms with Crippen LogP contribution in [0.25, 0.3) is 11.3 Å². The van der Waals surface area contributed by atoms with Crippen LogP contribution in [-0.4, -0.2) is 29.6 Å². The van der Waals surface area contributed by atoms with Crippen LogP contribution in [0.4, 0.5) is 5.13 Å². The number of amides is 1. The van der Waals surface area contributed by atoms with Crippen LogP contribution in [0.15, 0.2) is 29.9 Å². The molecule has 94 valence electrons. The Morgan fingerprint density at radius 3 is 2.94 bits per heavy atom. The number of rotatable bonds is 5. The number of hydrogen-bond donors (Lipinski definition) is 1. The molecule has 1 amide bonds. The SMILES string of the molecule is COCCC(=O)Nc1nc(-c2ccncc2)cs1. The molecule has 0 atom stereocenters. The minimum atomic E-state index is -0.0903. The van der Waals surface area contributed by atoms with Crippen molar-refractivity contribution in [3.63, 3.8) is 0 Å². The third kappa shape index (κ3) is 3.35. The number of nitrogens with zero attached hydrogens (tertiary/aromatic N) is 2. The molecular weight excluding hydrogens is 250 g/mol. The van der Waals surface area contributed by atoms with Crippen molar-refractivity contribution < 1.29 is 9.53 Å². The highest BCUT2D eigenvalue weighted by molar-refractivity contribution is 7.14. The summed E-state index contributed by atoms with van der Waals surface area (Å²) in [6.07, 6.45) is 3.76. The minimum absolute atomic E-state index is 0.0903. The Kier molecular flexibility index (Phi) is 4.38. The van der Waals surface area contributed by atoms with Gasteiger partial charge in [0.15, 0.2) is 5.13 Å². The van der Waals surface area contributed by atoms with E-state index in [0.29, 0.717) is 18.2 Å². The molecule has 0 unspecified atom stereocenters. The molecule has 0 spiro atoms. The number of thiazole rings is 1.